The molecule has 0 unspecified atom stereocenters. The molecule has 1 saturated heterocycles. The highest BCUT2D eigenvalue weighted by Crippen LogP contribution is 2.06. The van der Waals surface area contributed by atoms with E-state index in [2.05, 4.69) is 17.6 Å². The summed E-state index contributed by atoms with van der Waals surface area (Å²) in [4.78, 5) is 11.7. The van der Waals surface area contributed by atoms with Crippen molar-refractivity contribution in [3.63, 3.8) is 0 Å². The predicted octanol–water partition coefficient (Wildman–Crippen LogP) is 1.06. The zero-order valence-electron chi connectivity index (χ0n) is 10.3. The molecule has 1 fully saturated rings. The predicted molar refractivity (Wildman–Crippen MR) is 64.4 cm³/mol. The number of amides is 1. The van der Waals surface area contributed by atoms with Gasteiger partial charge in [0.2, 0.25) is 5.91 Å². The van der Waals surface area contributed by atoms with Gasteiger partial charge in [-0.2, -0.15) is 0 Å². The first-order chi connectivity index (χ1) is 7.84. The highest BCUT2D eigenvalue weighted by Gasteiger charge is 2.19. The van der Waals surface area contributed by atoms with Crippen molar-refractivity contribution >= 4 is 5.91 Å². The molecule has 1 aliphatic rings. The van der Waals surface area contributed by atoms with E-state index in [0.29, 0.717) is 0 Å². The molecule has 1 atom stereocenters. The lowest BCUT2D eigenvalue weighted by atomic mass is 10.0. The highest BCUT2D eigenvalue weighted by atomic mass is 16.5. The van der Waals surface area contributed by atoms with Crippen LogP contribution < -0.4 is 10.6 Å². The van der Waals surface area contributed by atoms with Crippen molar-refractivity contribution in [1.29, 1.82) is 0 Å². The van der Waals surface area contributed by atoms with Crippen LogP contribution >= 0.6 is 0 Å². The summed E-state index contributed by atoms with van der Waals surface area (Å²) in [5.41, 5.74) is 0. The Bertz CT molecular complexity index is 191. The van der Waals surface area contributed by atoms with E-state index in [1.165, 1.54) is 6.42 Å². The van der Waals surface area contributed by atoms with Gasteiger partial charge in [-0.1, -0.05) is 13.3 Å². The van der Waals surface area contributed by atoms with Crippen molar-refractivity contribution in [3.05, 3.63) is 0 Å². The van der Waals surface area contributed by atoms with Gasteiger partial charge in [-0.15, -0.1) is 0 Å². The number of rotatable bonds is 7. The molecule has 4 heteroatoms. The quantitative estimate of drug-likeness (QED) is 0.641. The van der Waals surface area contributed by atoms with Crippen molar-refractivity contribution in [2.45, 2.75) is 45.1 Å². The minimum absolute atomic E-state index is 0.0327. The highest BCUT2D eigenvalue weighted by molar-refractivity contribution is 5.81. The van der Waals surface area contributed by atoms with Gasteiger partial charge in [-0.3, -0.25) is 4.79 Å². The molecule has 16 heavy (non-hydrogen) atoms. The van der Waals surface area contributed by atoms with Crippen LogP contribution in [0.3, 0.4) is 0 Å². The molecule has 1 rings (SSSR count). The monoisotopic (exact) mass is 228 g/mol. The number of hydrogen-bond acceptors (Lipinski definition) is 3. The maximum absolute atomic E-state index is 11.7. The van der Waals surface area contributed by atoms with Crippen molar-refractivity contribution in [2.24, 2.45) is 0 Å². The van der Waals surface area contributed by atoms with Crippen LogP contribution in [0.1, 0.15) is 39.0 Å². The fourth-order valence-corrected chi connectivity index (χ4v) is 1.83. The zero-order chi connectivity index (χ0) is 11.6. The van der Waals surface area contributed by atoms with E-state index in [-0.39, 0.29) is 11.9 Å². The lowest BCUT2D eigenvalue weighted by molar-refractivity contribution is -0.123. The van der Waals surface area contributed by atoms with E-state index in [9.17, 15) is 4.79 Å². The number of carbonyl (C=O) groups excluding carboxylic acids is 1. The Labute approximate surface area is 98.1 Å². The molecule has 1 heterocycles. The number of hydrogen-bond donors (Lipinski definition) is 2. The summed E-state index contributed by atoms with van der Waals surface area (Å²) in [5.74, 6) is 0.148. The number of ether oxygens (including phenoxy) is 1. The van der Waals surface area contributed by atoms with Gasteiger partial charge in [0.25, 0.3) is 0 Å². The van der Waals surface area contributed by atoms with Gasteiger partial charge in [-0.05, 0) is 32.2 Å². The molecule has 0 bridgehead atoms. The van der Waals surface area contributed by atoms with E-state index in [0.717, 1.165) is 52.0 Å². The van der Waals surface area contributed by atoms with Gasteiger partial charge in [0, 0.05) is 19.8 Å². The third-order valence-corrected chi connectivity index (χ3v) is 2.74. The number of carbonyl (C=O) groups is 1. The zero-order valence-corrected chi connectivity index (χ0v) is 10.3. The van der Waals surface area contributed by atoms with Crippen LogP contribution in [-0.2, 0) is 9.53 Å². The second-order valence-electron chi connectivity index (χ2n) is 4.26. The molecule has 94 valence electrons. The Morgan fingerprint density at radius 3 is 3.00 bits per heavy atom. The van der Waals surface area contributed by atoms with E-state index in [4.69, 9.17) is 4.74 Å². The van der Waals surface area contributed by atoms with Crippen LogP contribution in [-0.4, -0.2) is 38.3 Å². The summed E-state index contributed by atoms with van der Waals surface area (Å²) in [6.45, 7) is 5.35. The van der Waals surface area contributed by atoms with E-state index < -0.39 is 0 Å². The molecule has 4 nitrogen and oxygen atoms in total. The minimum Gasteiger partial charge on any atom is -0.381 e. The first kappa shape index (κ1) is 13.5. The molecule has 0 aromatic rings. The molecular weight excluding hydrogens is 204 g/mol. The lowest BCUT2D eigenvalue weighted by Crippen LogP contribution is -2.46. The van der Waals surface area contributed by atoms with Crippen LogP contribution in [0.15, 0.2) is 0 Å². The van der Waals surface area contributed by atoms with Gasteiger partial charge in [-0.25, -0.2) is 0 Å². The maximum atomic E-state index is 11.7. The molecule has 0 aromatic heterocycles. The van der Waals surface area contributed by atoms with Gasteiger partial charge >= 0.3 is 0 Å². The summed E-state index contributed by atoms with van der Waals surface area (Å²) >= 11 is 0. The summed E-state index contributed by atoms with van der Waals surface area (Å²) in [7, 11) is 0. The van der Waals surface area contributed by atoms with Crippen LogP contribution in [0.4, 0.5) is 0 Å². The van der Waals surface area contributed by atoms with Crippen LogP contribution in [0.25, 0.3) is 0 Å². The average Bonchev–Trinajstić information content (AvgIpc) is 2.34. The SMILES string of the molecule is CCCOCCCNC(=O)[C@H]1CCCCN1. The minimum atomic E-state index is 0.0327. The molecule has 0 spiro atoms. The maximum Gasteiger partial charge on any atom is 0.237 e. The van der Waals surface area contributed by atoms with Crippen LogP contribution in [0.2, 0.25) is 0 Å². The molecule has 1 amide bonds. The number of nitrogens with one attached hydrogen (secondary N) is 2. The third kappa shape index (κ3) is 5.47. The molecule has 2 N–H and O–H groups in total. The first-order valence-electron chi connectivity index (χ1n) is 6.43. The van der Waals surface area contributed by atoms with Gasteiger partial charge < -0.3 is 15.4 Å². The van der Waals surface area contributed by atoms with E-state index in [1.54, 1.807) is 0 Å². The van der Waals surface area contributed by atoms with Gasteiger partial charge in [0.15, 0.2) is 0 Å². The third-order valence-electron chi connectivity index (χ3n) is 2.74. The van der Waals surface area contributed by atoms with Crippen molar-refractivity contribution in [1.82, 2.24) is 10.6 Å². The summed E-state index contributed by atoms with van der Waals surface area (Å²) < 4.78 is 5.34. The second kappa shape index (κ2) is 8.53. The Hall–Kier alpha value is -0.610. The van der Waals surface area contributed by atoms with Crippen molar-refractivity contribution in [2.75, 3.05) is 26.3 Å². The molecule has 0 saturated carbocycles. The smallest absolute Gasteiger partial charge is 0.237 e. The molecule has 0 aliphatic carbocycles. The second-order valence-corrected chi connectivity index (χ2v) is 4.26. The summed E-state index contributed by atoms with van der Waals surface area (Å²) in [6.07, 6.45) is 5.27. The first-order valence-corrected chi connectivity index (χ1v) is 6.43. The Balaban J connectivity index is 1.97. The van der Waals surface area contributed by atoms with Gasteiger partial charge in [0.05, 0.1) is 6.04 Å². The average molecular weight is 228 g/mol. The van der Waals surface area contributed by atoms with E-state index >= 15 is 0 Å². The Morgan fingerprint density at radius 2 is 2.31 bits per heavy atom. The van der Waals surface area contributed by atoms with Gasteiger partial charge in [0.1, 0.15) is 0 Å². The standard InChI is InChI=1S/C12H24N2O2/c1-2-9-16-10-5-8-14-12(15)11-6-3-4-7-13-11/h11,13H,2-10H2,1H3,(H,14,15)/t11-/m1/s1. The van der Waals surface area contributed by atoms with E-state index in [1.807, 2.05) is 0 Å². The largest absolute Gasteiger partial charge is 0.381 e. The van der Waals surface area contributed by atoms with Crippen molar-refractivity contribution in [3.8, 4) is 0 Å². The summed E-state index contributed by atoms with van der Waals surface area (Å²) in [5, 5.41) is 6.18. The Kier molecular flexibility index (Phi) is 7.17. The topological polar surface area (TPSA) is 50.4 Å². The fraction of sp³-hybridized carbons (Fsp3) is 0.917. The molecular formula is C12H24N2O2. The van der Waals surface area contributed by atoms with Crippen molar-refractivity contribution < 1.29 is 9.53 Å². The number of piperidine rings is 1. The summed E-state index contributed by atoms with van der Waals surface area (Å²) in [6, 6.07) is 0.0327. The van der Waals surface area contributed by atoms with Crippen LogP contribution in [0, 0.1) is 0 Å². The normalized spacial score (nSPS) is 20.7. The molecule has 0 radical (unpaired) electrons. The lowest BCUT2D eigenvalue weighted by Gasteiger charge is -2.22. The van der Waals surface area contributed by atoms with Crippen LogP contribution in [0.5, 0.6) is 0 Å². The molecule has 0 aromatic carbocycles. The Morgan fingerprint density at radius 1 is 1.44 bits per heavy atom. The fourth-order valence-electron chi connectivity index (χ4n) is 1.83. The molecule has 1 aliphatic heterocycles.